The molecule has 0 aliphatic carbocycles. The minimum atomic E-state index is -4.04. The molecule has 0 spiro atoms. The number of hydrogen-bond donors (Lipinski definition) is 0. The molecule has 1 saturated heterocycles. The van der Waals surface area contributed by atoms with Gasteiger partial charge in [0.2, 0.25) is 9.05 Å². The molecule has 0 aromatic carbocycles. The van der Waals surface area contributed by atoms with Crippen LogP contribution in [0.5, 0.6) is 0 Å². The van der Waals surface area contributed by atoms with Crippen LogP contribution >= 0.6 is 10.7 Å². The number of sulfone groups is 1. The number of halogens is 1. The number of piperidine rings is 1. The summed E-state index contributed by atoms with van der Waals surface area (Å²) in [6.07, 6.45) is 1.26. The normalized spacial score (nSPS) is 30.3. The molecule has 0 aromatic heterocycles. The number of hydrogen-bond acceptors (Lipinski definition) is 6. The summed E-state index contributed by atoms with van der Waals surface area (Å²) in [5.74, 6) is 0. The largest absolute Gasteiger partial charge is 0.784 e. The Kier molecular flexibility index (Phi) is 3.66. The highest BCUT2D eigenvalue weighted by Crippen LogP contribution is 2.28. The summed E-state index contributed by atoms with van der Waals surface area (Å²) in [6.45, 7) is 0.0145. The van der Waals surface area contributed by atoms with Gasteiger partial charge in [-0.3, -0.25) is 0 Å². The van der Waals surface area contributed by atoms with Crippen LogP contribution in [0.25, 0.3) is 0 Å². The van der Waals surface area contributed by atoms with Crippen molar-refractivity contribution in [2.24, 2.45) is 0 Å². The Morgan fingerprint density at radius 3 is 2.20 bits per heavy atom. The quantitative estimate of drug-likeness (QED) is 0.653. The lowest BCUT2D eigenvalue weighted by atomic mass is 10.1. The van der Waals surface area contributed by atoms with Crippen molar-refractivity contribution < 1.29 is 16.8 Å². The van der Waals surface area contributed by atoms with Crippen LogP contribution in [0.2, 0.25) is 0 Å². The van der Waals surface area contributed by atoms with Crippen LogP contribution in [0.15, 0.2) is 0 Å². The van der Waals surface area contributed by atoms with Crippen molar-refractivity contribution >= 4 is 29.6 Å². The fourth-order valence-electron chi connectivity index (χ4n) is 1.67. The van der Waals surface area contributed by atoms with Crippen LogP contribution in [0.4, 0.5) is 0 Å². The van der Waals surface area contributed by atoms with E-state index in [-0.39, 0.29) is 18.0 Å². The zero-order valence-electron chi connectivity index (χ0n) is 7.96. The standard InChI is InChI=1S/C6H11ClNO5S2/c1-14(10,11)6-5(15(7,12)13)3-2-4-8(6)9/h5-6H,2-4H2,1H3/q-1. The molecule has 1 fully saturated rings. The monoisotopic (exact) mass is 276 g/mol. The van der Waals surface area contributed by atoms with Crippen LogP contribution in [0, 0.1) is 5.21 Å². The van der Waals surface area contributed by atoms with Gasteiger partial charge < -0.3 is 10.3 Å². The van der Waals surface area contributed by atoms with Gasteiger partial charge in [0, 0.05) is 16.9 Å². The summed E-state index contributed by atoms with van der Waals surface area (Å²) in [4.78, 5) is 0. The predicted molar refractivity (Wildman–Crippen MR) is 56.5 cm³/mol. The first-order valence-electron chi connectivity index (χ1n) is 4.20. The van der Waals surface area contributed by atoms with Crippen molar-refractivity contribution in [2.75, 3.05) is 12.8 Å². The molecule has 2 unspecified atom stereocenters. The van der Waals surface area contributed by atoms with E-state index in [1.165, 1.54) is 0 Å². The third-order valence-electron chi connectivity index (χ3n) is 2.27. The molecule has 0 N–H and O–H groups in total. The highest BCUT2D eigenvalue weighted by Gasteiger charge is 2.41. The van der Waals surface area contributed by atoms with E-state index >= 15 is 0 Å². The average molecular weight is 277 g/mol. The Balaban J connectivity index is 3.15. The summed E-state index contributed by atoms with van der Waals surface area (Å²) in [7, 11) is -2.68. The topological polar surface area (TPSA) is 94.6 Å². The van der Waals surface area contributed by atoms with Crippen LogP contribution in [0.1, 0.15) is 12.8 Å². The molecule has 1 heterocycles. The highest BCUT2D eigenvalue weighted by molar-refractivity contribution is 8.14. The zero-order valence-corrected chi connectivity index (χ0v) is 10.3. The van der Waals surface area contributed by atoms with Crippen molar-refractivity contribution in [2.45, 2.75) is 23.5 Å². The average Bonchev–Trinajstić information content (AvgIpc) is 1.99. The second kappa shape index (κ2) is 4.17. The van der Waals surface area contributed by atoms with Gasteiger partial charge in [0.15, 0.2) is 9.84 Å². The van der Waals surface area contributed by atoms with Gasteiger partial charge in [-0.2, -0.15) is 0 Å². The molecule has 0 amide bonds. The number of nitrogens with zero attached hydrogens (tertiary/aromatic N) is 1. The minimum Gasteiger partial charge on any atom is -0.784 e. The van der Waals surface area contributed by atoms with Crippen LogP contribution in [0.3, 0.4) is 0 Å². The van der Waals surface area contributed by atoms with E-state index in [1.807, 2.05) is 0 Å². The molecule has 0 radical (unpaired) electrons. The lowest BCUT2D eigenvalue weighted by molar-refractivity contribution is 0.275. The Morgan fingerprint density at radius 2 is 1.87 bits per heavy atom. The van der Waals surface area contributed by atoms with Gasteiger partial charge in [-0.1, -0.05) is 0 Å². The van der Waals surface area contributed by atoms with E-state index < -0.39 is 29.5 Å². The van der Waals surface area contributed by atoms with Gasteiger partial charge in [0.1, 0.15) is 10.6 Å². The third-order valence-corrected chi connectivity index (χ3v) is 5.79. The van der Waals surface area contributed by atoms with E-state index in [0.717, 1.165) is 6.26 Å². The molecule has 90 valence electrons. The molecular formula is C6H11ClNO5S2-. The molecule has 2 atom stereocenters. The van der Waals surface area contributed by atoms with Gasteiger partial charge in [-0.25, -0.2) is 16.8 Å². The van der Waals surface area contributed by atoms with Gasteiger partial charge in [-0.05, 0) is 19.4 Å². The molecule has 0 aromatic rings. The second-order valence-electron chi connectivity index (χ2n) is 3.52. The predicted octanol–water partition coefficient (Wildman–Crippen LogP) is -0.112. The summed E-state index contributed by atoms with van der Waals surface area (Å²) in [6, 6.07) is 0. The number of rotatable bonds is 2. The summed E-state index contributed by atoms with van der Waals surface area (Å²) < 4.78 is 44.8. The van der Waals surface area contributed by atoms with E-state index in [9.17, 15) is 22.0 Å². The first-order chi connectivity index (χ1) is 6.64. The molecule has 1 rings (SSSR count). The third kappa shape index (κ3) is 3.04. The molecule has 9 heteroatoms. The minimum absolute atomic E-state index is 0.0145. The lowest BCUT2D eigenvalue weighted by Crippen LogP contribution is -2.51. The highest BCUT2D eigenvalue weighted by atomic mass is 35.7. The Labute approximate surface area is 93.1 Å². The fourth-order valence-corrected chi connectivity index (χ4v) is 5.54. The summed E-state index contributed by atoms with van der Waals surface area (Å²) in [5.41, 5.74) is 0. The van der Waals surface area contributed by atoms with Crippen LogP contribution < -0.4 is 0 Å². The SMILES string of the molecule is CS(=O)(=O)C1C(S(=O)(=O)Cl)CCCN1[O-]. The summed E-state index contributed by atoms with van der Waals surface area (Å²) in [5, 5.41) is 8.69. The maximum absolute atomic E-state index is 11.3. The van der Waals surface area contributed by atoms with E-state index in [0.29, 0.717) is 6.42 Å². The van der Waals surface area contributed by atoms with Crippen molar-refractivity contribution in [3.05, 3.63) is 5.21 Å². The van der Waals surface area contributed by atoms with Crippen molar-refractivity contribution in [3.63, 3.8) is 0 Å². The van der Waals surface area contributed by atoms with Crippen LogP contribution in [-0.2, 0) is 18.9 Å². The first kappa shape index (κ1) is 13.2. The van der Waals surface area contributed by atoms with Gasteiger partial charge in [0.05, 0.1) is 0 Å². The second-order valence-corrected chi connectivity index (χ2v) is 8.51. The fraction of sp³-hybridized carbons (Fsp3) is 1.00. The molecule has 0 bridgehead atoms. The van der Waals surface area contributed by atoms with Crippen molar-refractivity contribution in [3.8, 4) is 0 Å². The van der Waals surface area contributed by atoms with E-state index in [1.54, 1.807) is 0 Å². The Morgan fingerprint density at radius 1 is 1.33 bits per heavy atom. The molecule has 6 nitrogen and oxygen atoms in total. The summed E-state index contributed by atoms with van der Waals surface area (Å²) >= 11 is 0. The molecule has 15 heavy (non-hydrogen) atoms. The zero-order chi connectivity index (χ0) is 11.9. The Hall–Kier alpha value is 0.110. The maximum atomic E-state index is 11.3. The van der Waals surface area contributed by atoms with Crippen molar-refractivity contribution in [1.29, 1.82) is 0 Å². The number of hydroxylamine groups is 2. The molecule has 1 aliphatic rings. The van der Waals surface area contributed by atoms with Gasteiger partial charge >= 0.3 is 0 Å². The maximum Gasteiger partial charge on any atom is 0.238 e. The van der Waals surface area contributed by atoms with Crippen LogP contribution in [-0.4, -0.2) is 45.3 Å². The molecular weight excluding hydrogens is 266 g/mol. The smallest absolute Gasteiger partial charge is 0.238 e. The van der Waals surface area contributed by atoms with E-state index in [4.69, 9.17) is 10.7 Å². The Bertz CT molecular complexity index is 430. The van der Waals surface area contributed by atoms with Crippen molar-refractivity contribution in [1.82, 2.24) is 5.06 Å². The van der Waals surface area contributed by atoms with Gasteiger partial charge in [0.25, 0.3) is 0 Å². The van der Waals surface area contributed by atoms with Gasteiger partial charge in [-0.15, -0.1) is 0 Å². The molecule has 1 aliphatic heterocycles. The first-order valence-corrected chi connectivity index (χ1v) is 8.53. The molecule has 0 saturated carbocycles. The van der Waals surface area contributed by atoms with E-state index in [2.05, 4.69) is 0 Å². The lowest BCUT2D eigenvalue weighted by Gasteiger charge is -2.42.